The molecular weight excluding hydrogens is 354 g/mol. The summed E-state index contributed by atoms with van der Waals surface area (Å²) in [7, 11) is -2.98. The molecule has 1 atom stereocenters. The van der Waals surface area contributed by atoms with E-state index in [4.69, 9.17) is 0 Å². The molecule has 9 heteroatoms. The lowest BCUT2D eigenvalue weighted by Crippen LogP contribution is -2.53. The molecule has 0 aromatic carbocycles. The number of anilines is 1. The number of carbonyl (C=O) groups is 1. The van der Waals surface area contributed by atoms with Crippen LogP contribution in [0.2, 0.25) is 0 Å². The van der Waals surface area contributed by atoms with Crippen LogP contribution in [0.1, 0.15) is 32.9 Å². The van der Waals surface area contributed by atoms with E-state index >= 15 is 0 Å². The highest BCUT2D eigenvalue weighted by molar-refractivity contribution is 7.91. The Bertz CT molecular complexity index is 752. The van der Waals surface area contributed by atoms with Gasteiger partial charge in [-0.3, -0.25) is 0 Å². The summed E-state index contributed by atoms with van der Waals surface area (Å²) in [6.45, 7) is 8.52. The fourth-order valence-electron chi connectivity index (χ4n) is 3.16. The Hall–Kier alpha value is -1.90. The van der Waals surface area contributed by atoms with Gasteiger partial charge in [0.25, 0.3) is 0 Å². The van der Waals surface area contributed by atoms with Crippen molar-refractivity contribution >= 4 is 21.7 Å². The molecule has 8 nitrogen and oxygen atoms in total. The van der Waals surface area contributed by atoms with E-state index in [1.807, 2.05) is 12.1 Å². The van der Waals surface area contributed by atoms with Crippen molar-refractivity contribution in [2.75, 3.05) is 36.0 Å². The summed E-state index contributed by atoms with van der Waals surface area (Å²) >= 11 is 0. The first kappa shape index (κ1) is 18.9. The van der Waals surface area contributed by atoms with Crippen molar-refractivity contribution in [1.29, 1.82) is 0 Å². The molecule has 1 aromatic heterocycles. The smallest absolute Gasteiger partial charge is 0.315 e. The van der Waals surface area contributed by atoms with Crippen molar-refractivity contribution < 1.29 is 13.2 Å². The normalized spacial score (nSPS) is 22.7. The third kappa shape index (κ3) is 4.63. The number of nitrogens with one attached hydrogen (secondary N) is 2. The van der Waals surface area contributed by atoms with Crippen molar-refractivity contribution in [3.63, 3.8) is 0 Å². The van der Waals surface area contributed by atoms with Gasteiger partial charge in [0.05, 0.1) is 17.2 Å². The van der Waals surface area contributed by atoms with Crippen LogP contribution in [0.3, 0.4) is 0 Å². The van der Waals surface area contributed by atoms with Gasteiger partial charge in [0.15, 0.2) is 15.7 Å². The topological polar surface area (TPSA) is 104 Å². The van der Waals surface area contributed by atoms with Gasteiger partial charge < -0.3 is 15.5 Å². The van der Waals surface area contributed by atoms with Crippen LogP contribution in [-0.4, -0.2) is 61.8 Å². The van der Waals surface area contributed by atoms with Crippen molar-refractivity contribution in [2.45, 2.75) is 38.6 Å². The Labute approximate surface area is 154 Å². The minimum atomic E-state index is -2.98. The molecule has 2 N–H and O–H groups in total. The largest absolute Gasteiger partial charge is 0.354 e. The van der Waals surface area contributed by atoms with Crippen LogP contribution >= 0.6 is 0 Å². The van der Waals surface area contributed by atoms with Crippen molar-refractivity contribution in [1.82, 2.24) is 20.8 Å². The van der Waals surface area contributed by atoms with Gasteiger partial charge in [-0.05, 0) is 18.6 Å². The predicted molar refractivity (Wildman–Crippen MR) is 100 cm³/mol. The van der Waals surface area contributed by atoms with Crippen molar-refractivity contribution in [3.8, 4) is 0 Å². The lowest BCUT2D eigenvalue weighted by atomic mass is 9.92. The molecule has 2 fully saturated rings. The van der Waals surface area contributed by atoms with E-state index in [1.165, 1.54) is 0 Å². The lowest BCUT2D eigenvalue weighted by molar-refractivity contribution is 0.234. The highest BCUT2D eigenvalue weighted by Gasteiger charge is 2.31. The zero-order valence-corrected chi connectivity index (χ0v) is 16.3. The maximum atomic E-state index is 11.9. The Morgan fingerprint density at radius 1 is 1.27 bits per heavy atom. The number of sulfone groups is 1. The fraction of sp³-hybridized carbons (Fsp3) is 0.706. The molecule has 0 saturated carbocycles. The summed E-state index contributed by atoms with van der Waals surface area (Å²) in [4.78, 5) is 14.0. The molecule has 2 aliphatic heterocycles. The number of rotatable bonds is 4. The first-order valence-electron chi connectivity index (χ1n) is 8.96. The standard InChI is InChI=1S/C17H27N5O3S/c1-17(2,3)14-4-5-15(21-20-14)22-9-12(10-22)8-18-16(23)19-13-6-7-26(24,25)11-13/h4-5,12-13H,6-11H2,1-3H3,(H2,18,19,23). The molecule has 1 aromatic rings. The fourth-order valence-corrected chi connectivity index (χ4v) is 4.84. The number of aromatic nitrogens is 2. The summed E-state index contributed by atoms with van der Waals surface area (Å²) in [5.74, 6) is 1.41. The van der Waals surface area contributed by atoms with E-state index in [9.17, 15) is 13.2 Å². The molecule has 1 unspecified atom stereocenters. The average Bonchev–Trinajstić information content (AvgIpc) is 2.84. The quantitative estimate of drug-likeness (QED) is 0.795. The number of urea groups is 1. The van der Waals surface area contributed by atoms with E-state index in [1.54, 1.807) is 0 Å². The van der Waals surface area contributed by atoms with Gasteiger partial charge in [0.2, 0.25) is 0 Å². The third-order valence-corrected chi connectivity index (χ3v) is 6.59. The number of hydrogen-bond donors (Lipinski definition) is 2. The molecule has 2 amide bonds. The van der Waals surface area contributed by atoms with Gasteiger partial charge in [-0.15, -0.1) is 5.10 Å². The average molecular weight is 382 g/mol. The Kier molecular flexibility index (Phi) is 5.09. The van der Waals surface area contributed by atoms with Crippen LogP contribution in [0.4, 0.5) is 10.6 Å². The van der Waals surface area contributed by atoms with E-state index in [0.29, 0.717) is 18.9 Å². The van der Waals surface area contributed by atoms with Crippen LogP contribution in [0, 0.1) is 5.92 Å². The second kappa shape index (κ2) is 7.02. The molecule has 144 valence electrons. The maximum absolute atomic E-state index is 11.9. The summed E-state index contributed by atoms with van der Waals surface area (Å²) in [6.07, 6.45) is 0.496. The second-order valence-electron chi connectivity index (χ2n) is 8.25. The van der Waals surface area contributed by atoms with Crippen LogP contribution in [0.15, 0.2) is 12.1 Å². The van der Waals surface area contributed by atoms with Crippen LogP contribution in [-0.2, 0) is 15.3 Å². The molecule has 2 aliphatic rings. The van der Waals surface area contributed by atoms with E-state index in [2.05, 4.69) is 46.5 Å². The number of amides is 2. The lowest BCUT2D eigenvalue weighted by Gasteiger charge is -2.40. The molecule has 0 aliphatic carbocycles. The molecule has 0 spiro atoms. The van der Waals surface area contributed by atoms with Gasteiger partial charge in [-0.2, -0.15) is 5.10 Å². The number of carbonyl (C=O) groups excluding carboxylic acids is 1. The number of hydrogen-bond acceptors (Lipinski definition) is 6. The highest BCUT2D eigenvalue weighted by Crippen LogP contribution is 2.24. The SMILES string of the molecule is CC(C)(C)c1ccc(N2CC(CNC(=O)NC3CCS(=O)(=O)C3)C2)nn1. The first-order chi connectivity index (χ1) is 12.1. The third-order valence-electron chi connectivity index (χ3n) is 4.82. The highest BCUT2D eigenvalue weighted by atomic mass is 32.2. The summed E-state index contributed by atoms with van der Waals surface area (Å²) in [5, 5.41) is 14.2. The maximum Gasteiger partial charge on any atom is 0.315 e. The molecular formula is C17H27N5O3S. The Morgan fingerprint density at radius 3 is 2.54 bits per heavy atom. The van der Waals surface area contributed by atoms with E-state index < -0.39 is 9.84 Å². The van der Waals surface area contributed by atoms with Crippen molar-refractivity contribution in [3.05, 3.63) is 17.8 Å². The zero-order chi connectivity index (χ0) is 18.9. The Morgan fingerprint density at radius 2 is 2.00 bits per heavy atom. The molecule has 3 heterocycles. The summed E-state index contributed by atoms with van der Waals surface area (Å²) in [6, 6.07) is 3.44. The first-order valence-corrected chi connectivity index (χ1v) is 10.8. The molecule has 26 heavy (non-hydrogen) atoms. The van der Waals surface area contributed by atoms with Crippen LogP contribution in [0.25, 0.3) is 0 Å². The van der Waals surface area contributed by atoms with E-state index in [-0.39, 0.29) is 29.0 Å². The van der Waals surface area contributed by atoms with E-state index in [0.717, 1.165) is 24.6 Å². The zero-order valence-electron chi connectivity index (χ0n) is 15.5. The van der Waals surface area contributed by atoms with Crippen LogP contribution < -0.4 is 15.5 Å². The summed E-state index contributed by atoms with van der Waals surface area (Å²) in [5.41, 5.74) is 0.949. The van der Waals surface area contributed by atoms with Crippen LogP contribution in [0.5, 0.6) is 0 Å². The minimum Gasteiger partial charge on any atom is -0.354 e. The summed E-state index contributed by atoms with van der Waals surface area (Å²) < 4.78 is 22.8. The Balaban J connectivity index is 1.38. The molecule has 2 saturated heterocycles. The van der Waals surface area contributed by atoms with Gasteiger partial charge in [0.1, 0.15) is 0 Å². The molecule has 0 bridgehead atoms. The van der Waals surface area contributed by atoms with Gasteiger partial charge in [-0.25, -0.2) is 13.2 Å². The van der Waals surface area contributed by atoms with Gasteiger partial charge in [0, 0.05) is 37.0 Å². The predicted octanol–water partition coefficient (Wildman–Crippen LogP) is 0.697. The molecule has 0 radical (unpaired) electrons. The van der Waals surface area contributed by atoms with Crippen molar-refractivity contribution in [2.24, 2.45) is 5.92 Å². The molecule has 3 rings (SSSR count). The number of nitrogens with zero attached hydrogens (tertiary/aromatic N) is 3. The monoisotopic (exact) mass is 381 g/mol. The second-order valence-corrected chi connectivity index (χ2v) is 10.5. The van der Waals surface area contributed by atoms with Gasteiger partial charge >= 0.3 is 6.03 Å². The minimum absolute atomic E-state index is 0.0149. The van der Waals surface area contributed by atoms with Gasteiger partial charge in [-0.1, -0.05) is 20.8 Å².